The third kappa shape index (κ3) is 3.05. The number of nitrogens with one attached hydrogen (secondary N) is 1. The van der Waals surface area contributed by atoms with Crippen LogP contribution in [0.25, 0.3) is 0 Å². The van der Waals surface area contributed by atoms with Gasteiger partial charge in [0.25, 0.3) is 0 Å². The van der Waals surface area contributed by atoms with Gasteiger partial charge in [0.15, 0.2) is 0 Å². The predicted octanol–water partition coefficient (Wildman–Crippen LogP) is 3.13. The van der Waals surface area contributed by atoms with Crippen molar-refractivity contribution in [1.29, 1.82) is 0 Å². The van der Waals surface area contributed by atoms with Crippen LogP contribution in [-0.4, -0.2) is 11.5 Å². The summed E-state index contributed by atoms with van der Waals surface area (Å²) in [4.78, 5) is 3.51. The largest absolute Gasteiger partial charge is 0.385 e. The van der Waals surface area contributed by atoms with Crippen molar-refractivity contribution in [2.75, 3.05) is 11.9 Å². The van der Waals surface area contributed by atoms with Gasteiger partial charge in [-0.2, -0.15) is 4.39 Å². The van der Waals surface area contributed by atoms with Crippen LogP contribution in [0, 0.1) is 5.95 Å². The van der Waals surface area contributed by atoms with E-state index in [4.69, 9.17) is 0 Å². The summed E-state index contributed by atoms with van der Waals surface area (Å²) >= 11 is 0. The van der Waals surface area contributed by atoms with Crippen LogP contribution in [0.2, 0.25) is 0 Å². The molecule has 1 heterocycles. The molecular weight excluding hydrogens is 191 g/mol. The van der Waals surface area contributed by atoms with Gasteiger partial charge in [0.2, 0.25) is 5.95 Å². The number of pyridine rings is 1. The summed E-state index contributed by atoms with van der Waals surface area (Å²) in [6, 6.07) is 3.20. The zero-order valence-electron chi connectivity index (χ0n) is 8.67. The normalized spacial score (nSPS) is 15.1. The Morgan fingerprint density at radius 2 is 2.40 bits per heavy atom. The van der Waals surface area contributed by atoms with Crippen molar-refractivity contribution < 1.29 is 4.39 Å². The third-order valence-corrected chi connectivity index (χ3v) is 2.64. The number of aromatic nitrogens is 1. The maximum atomic E-state index is 12.7. The van der Waals surface area contributed by atoms with Gasteiger partial charge in [0.1, 0.15) is 0 Å². The number of rotatable bonds is 4. The van der Waals surface area contributed by atoms with E-state index in [9.17, 15) is 4.39 Å². The van der Waals surface area contributed by atoms with Crippen molar-refractivity contribution in [3.05, 3.63) is 35.9 Å². The lowest BCUT2D eigenvalue weighted by molar-refractivity contribution is 0.584. The van der Waals surface area contributed by atoms with E-state index in [2.05, 4.69) is 16.4 Å². The summed E-state index contributed by atoms with van der Waals surface area (Å²) < 4.78 is 12.7. The first-order valence-electron chi connectivity index (χ1n) is 5.38. The molecule has 1 aliphatic carbocycles. The summed E-state index contributed by atoms with van der Waals surface area (Å²) in [7, 11) is 0. The Bertz CT molecular complexity index is 360. The van der Waals surface area contributed by atoms with Crippen LogP contribution in [0.15, 0.2) is 30.0 Å². The van der Waals surface area contributed by atoms with Crippen molar-refractivity contribution in [2.24, 2.45) is 0 Å². The highest BCUT2D eigenvalue weighted by Gasteiger charge is 2.03. The number of nitrogens with zero attached hydrogens (tertiary/aromatic N) is 1. The van der Waals surface area contributed by atoms with Gasteiger partial charge in [0, 0.05) is 24.5 Å². The average Bonchev–Trinajstić information content (AvgIpc) is 2.71. The summed E-state index contributed by atoms with van der Waals surface area (Å²) in [5, 5.41) is 3.19. The first-order chi connectivity index (χ1) is 7.34. The Kier molecular flexibility index (Phi) is 3.33. The molecule has 0 saturated heterocycles. The van der Waals surface area contributed by atoms with E-state index < -0.39 is 5.95 Å². The second-order valence-electron chi connectivity index (χ2n) is 3.80. The lowest BCUT2D eigenvalue weighted by Gasteiger charge is -2.06. The zero-order chi connectivity index (χ0) is 10.5. The topological polar surface area (TPSA) is 24.9 Å². The van der Waals surface area contributed by atoms with E-state index in [-0.39, 0.29) is 0 Å². The monoisotopic (exact) mass is 206 g/mol. The SMILES string of the molecule is Fc1cc(NCCC2=CCCC2)ccn1. The Labute approximate surface area is 89.2 Å². The molecule has 0 unspecified atom stereocenters. The Morgan fingerprint density at radius 3 is 3.13 bits per heavy atom. The van der Waals surface area contributed by atoms with Crippen LogP contribution in [0.5, 0.6) is 0 Å². The van der Waals surface area contributed by atoms with Crippen LogP contribution < -0.4 is 5.32 Å². The summed E-state index contributed by atoms with van der Waals surface area (Å²) in [6.45, 7) is 0.870. The molecule has 0 radical (unpaired) electrons. The van der Waals surface area contributed by atoms with Gasteiger partial charge in [-0.05, 0) is 31.7 Å². The van der Waals surface area contributed by atoms with Crippen LogP contribution in [0.1, 0.15) is 25.7 Å². The van der Waals surface area contributed by atoms with E-state index >= 15 is 0 Å². The van der Waals surface area contributed by atoms with Crippen LogP contribution in [0.4, 0.5) is 10.1 Å². The predicted molar refractivity (Wildman–Crippen MR) is 59.2 cm³/mol. The van der Waals surface area contributed by atoms with Crippen molar-refractivity contribution in [3.63, 3.8) is 0 Å². The molecular formula is C12H15FN2. The maximum Gasteiger partial charge on any atom is 0.214 e. The highest BCUT2D eigenvalue weighted by molar-refractivity contribution is 5.41. The minimum Gasteiger partial charge on any atom is -0.385 e. The van der Waals surface area contributed by atoms with Gasteiger partial charge >= 0.3 is 0 Å². The lowest BCUT2D eigenvalue weighted by Crippen LogP contribution is -2.02. The van der Waals surface area contributed by atoms with E-state index in [0.29, 0.717) is 0 Å². The van der Waals surface area contributed by atoms with E-state index in [1.807, 2.05) is 0 Å². The van der Waals surface area contributed by atoms with Gasteiger partial charge < -0.3 is 5.32 Å². The maximum absolute atomic E-state index is 12.7. The second-order valence-corrected chi connectivity index (χ2v) is 3.80. The molecule has 2 nitrogen and oxygen atoms in total. The average molecular weight is 206 g/mol. The number of hydrogen-bond donors (Lipinski definition) is 1. The molecule has 1 aliphatic rings. The molecule has 0 amide bonds. The fourth-order valence-corrected chi connectivity index (χ4v) is 1.84. The van der Waals surface area contributed by atoms with Crippen molar-refractivity contribution in [3.8, 4) is 0 Å². The fraction of sp³-hybridized carbons (Fsp3) is 0.417. The second kappa shape index (κ2) is 4.91. The van der Waals surface area contributed by atoms with E-state index in [0.717, 1.165) is 18.7 Å². The molecule has 0 saturated carbocycles. The molecule has 0 aromatic carbocycles. The van der Waals surface area contributed by atoms with Gasteiger partial charge in [-0.15, -0.1) is 0 Å². The van der Waals surface area contributed by atoms with Crippen LogP contribution >= 0.6 is 0 Å². The number of halogens is 1. The molecule has 0 atom stereocenters. The molecule has 0 fully saturated rings. The first-order valence-corrected chi connectivity index (χ1v) is 5.38. The molecule has 1 N–H and O–H groups in total. The molecule has 1 aromatic rings. The van der Waals surface area contributed by atoms with Gasteiger partial charge in [-0.1, -0.05) is 11.6 Å². The summed E-state index contributed by atoms with van der Waals surface area (Å²) in [6.07, 6.45) is 8.59. The quantitative estimate of drug-likeness (QED) is 0.604. The van der Waals surface area contributed by atoms with Crippen LogP contribution in [0.3, 0.4) is 0 Å². The Hall–Kier alpha value is -1.38. The molecule has 0 spiro atoms. The van der Waals surface area contributed by atoms with Crippen molar-refractivity contribution in [2.45, 2.75) is 25.7 Å². The third-order valence-electron chi connectivity index (χ3n) is 2.64. The fourth-order valence-electron chi connectivity index (χ4n) is 1.84. The number of allylic oxidation sites excluding steroid dienone is 1. The standard InChI is InChI=1S/C12H15FN2/c13-12-9-11(6-8-15-12)14-7-5-10-3-1-2-4-10/h3,6,8-9H,1-2,4-5,7H2,(H,14,15). The zero-order valence-corrected chi connectivity index (χ0v) is 8.67. The molecule has 1 aromatic heterocycles. The van der Waals surface area contributed by atoms with Crippen molar-refractivity contribution >= 4 is 5.69 Å². The first kappa shape index (κ1) is 10.1. The molecule has 15 heavy (non-hydrogen) atoms. The molecule has 80 valence electrons. The summed E-state index contributed by atoms with van der Waals surface area (Å²) in [5.74, 6) is -0.430. The number of hydrogen-bond acceptors (Lipinski definition) is 2. The minimum absolute atomic E-state index is 0.430. The molecule has 2 rings (SSSR count). The minimum atomic E-state index is -0.430. The summed E-state index contributed by atoms with van der Waals surface area (Å²) in [5.41, 5.74) is 2.33. The molecule has 0 bridgehead atoms. The smallest absolute Gasteiger partial charge is 0.214 e. The van der Waals surface area contributed by atoms with E-state index in [1.165, 1.54) is 37.1 Å². The highest BCUT2D eigenvalue weighted by atomic mass is 19.1. The van der Waals surface area contributed by atoms with E-state index in [1.54, 1.807) is 6.07 Å². The van der Waals surface area contributed by atoms with Crippen molar-refractivity contribution in [1.82, 2.24) is 4.98 Å². The lowest BCUT2D eigenvalue weighted by atomic mass is 10.2. The Balaban J connectivity index is 1.78. The Morgan fingerprint density at radius 1 is 1.47 bits per heavy atom. The highest BCUT2D eigenvalue weighted by Crippen LogP contribution is 2.20. The molecule has 0 aliphatic heterocycles. The van der Waals surface area contributed by atoms with Gasteiger partial charge in [-0.3, -0.25) is 0 Å². The van der Waals surface area contributed by atoms with Gasteiger partial charge in [-0.25, -0.2) is 4.98 Å². The number of anilines is 1. The van der Waals surface area contributed by atoms with Crippen LogP contribution in [-0.2, 0) is 0 Å². The molecule has 3 heteroatoms. The van der Waals surface area contributed by atoms with Gasteiger partial charge in [0.05, 0.1) is 0 Å².